The van der Waals surface area contributed by atoms with E-state index in [1.54, 1.807) is 47.8 Å². The van der Waals surface area contributed by atoms with Crippen LogP contribution in [-0.4, -0.2) is 19.3 Å². The van der Waals surface area contributed by atoms with E-state index < -0.39 is 10.0 Å². The number of amides is 1. The molecule has 0 aliphatic rings. The van der Waals surface area contributed by atoms with Gasteiger partial charge in [-0.15, -0.1) is 11.3 Å². The smallest absolute Gasteiger partial charge is 0.263 e. The number of carbonyl (C=O) groups is 1. The van der Waals surface area contributed by atoms with Crippen LogP contribution < -0.4 is 10.0 Å². The van der Waals surface area contributed by atoms with Crippen LogP contribution in [0.5, 0.6) is 0 Å². The Kier molecular flexibility index (Phi) is 5.55. The van der Waals surface area contributed by atoms with E-state index in [4.69, 9.17) is 11.6 Å². The molecular formula is C17H14ClN3O3S2. The first-order chi connectivity index (χ1) is 12.4. The van der Waals surface area contributed by atoms with Gasteiger partial charge in [0.15, 0.2) is 5.13 Å². The molecule has 0 spiro atoms. The fourth-order valence-corrected chi connectivity index (χ4v) is 4.22. The Labute approximate surface area is 159 Å². The van der Waals surface area contributed by atoms with Gasteiger partial charge in [0.1, 0.15) is 0 Å². The summed E-state index contributed by atoms with van der Waals surface area (Å²) in [6.07, 6.45) is 0.0339. The third-order valence-electron chi connectivity index (χ3n) is 3.30. The van der Waals surface area contributed by atoms with Crippen LogP contribution in [0.15, 0.2) is 64.9 Å². The van der Waals surface area contributed by atoms with Crippen molar-refractivity contribution in [2.24, 2.45) is 0 Å². The third-order valence-corrected chi connectivity index (χ3v) is 5.84. The van der Waals surface area contributed by atoms with E-state index in [2.05, 4.69) is 15.0 Å². The zero-order valence-corrected chi connectivity index (χ0v) is 15.7. The number of aromatic nitrogens is 1. The second-order valence-electron chi connectivity index (χ2n) is 5.29. The summed E-state index contributed by atoms with van der Waals surface area (Å²) < 4.78 is 27.0. The lowest BCUT2D eigenvalue weighted by molar-refractivity contribution is -0.115. The third kappa shape index (κ3) is 4.81. The molecule has 9 heteroatoms. The van der Waals surface area contributed by atoms with Crippen molar-refractivity contribution in [1.29, 1.82) is 0 Å². The normalized spacial score (nSPS) is 11.1. The van der Waals surface area contributed by atoms with E-state index in [0.717, 1.165) is 11.3 Å². The lowest BCUT2D eigenvalue weighted by Crippen LogP contribution is -2.15. The minimum atomic E-state index is -3.70. The standard InChI is InChI=1S/C17H14ClN3O3S2/c18-12-6-8-13(9-7-12)19-16(22)10-14-11-25-17(20-14)21-26(23,24)15-4-2-1-3-5-15/h1-9,11H,10H2,(H,19,22)(H,20,21). The lowest BCUT2D eigenvalue weighted by atomic mass is 10.3. The molecule has 26 heavy (non-hydrogen) atoms. The van der Waals surface area contributed by atoms with Gasteiger partial charge in [-0.25, -0.2) is 13.4 Å². The monoisotopic (exact) mass is 407 g/mol. The van der Waals surface area contributed by atoms with Gasteiger partial charge in [-0.3, -0.25) is 9.52 Å². The molecule has 2 N–H and O–H groups in total. The molecule has 0 radical (unpaired) electrons. The molecule has 0 bridgehead atoms. The zero-order valence-electron chi connectivity index (χ0n) is 13.3. The fraction of sp³-hybridized carbons (Fsp3) is 0.0588. The van der Waals surface area contributed by atoms with E-state index in [-0.39, 0.29) is 22.4 Å². The molecule has 0 unspecified atom stereocenters. The number of halogens is 1. The Hall–Kier alpha value is -2.42. The number of nitrogens with zero attached hydrogens (tertiary/aromatic N) is 1. The van der Waals surface area contributed by atoms with E-state index in [9.17, 15) is 13.2 Å². The highest BCUT2D eigenvalue weighted by molar-refractivity contribution is 7.93. The van der Waals surface area contributed by atoms with E-state index in [0.29, 0.717) is 16.4 Å². The number of hydrogen-bond donors (Lipinski definition) is 2. The Morgan fingerprint density at radius 1 is 1.08 bits per heavy atom. The Morgan fingerprint density at radius 2 is 1.77 bits per heavy atom. The van der Waals surface area contributed by atoms with Crippen molar-refractivity contribution in [2.45, 2.75) is 11.3 Å². The molecule has 0 atom stereocenters. The maximum absolute atomic E-state index is 12.3. The summed E-state index contributed by atoms with van der Waals surface area (Å²) in [7, 11) is -3.70. The molecule has 0 aliphatic carbocycles. The van der Waals surface area contributed by atoms with E-state index in [1.165, 1.54) is 12.1 Å². The molecule has 3 rings (SSSR count). The molecule has 0 saturated heterocycles. The number of hydrogen-bond acceptors (Lipinski definition) is 5. The molecule has 134 valence electrons. The molecule has 0 saturated carbocycles. The number of thiazole rings is 1. The van der Waals surface area contributed by atoms with Gasteiger partial charge in [-0.1, -0.05) is 29.8 Å². The van der Waals surface area contributed by atoms with Crippen LogP contribution in [0, 0.1) is 0 Å². The number of nitrogens with one attached hydrogen (secondary N) is 2. The Balaban J connectivity index is 1.62. The van der Waals surface area contributed by atoms with Crippen molar-refractivity contribution in [1.82, 2.24) is 4.98 Å². The molecule has 0 aliphatic heterocycles. The van der Waals surface area contributed by atoms with Crippen molar-refractivity contribution in [3.8, 4) is 0 Å². The first kappa shape index (κ1) is 18.4. The Morgan fingerprint density at radius 3 is 2.46 bits per heavy atom. The van der Waals surface area contributed by atoms with Crippen LogP contribution in [0.2, 0.25) is 5.02 Å². The lowest BCUT2D eigenvalue weighted by Gasteiger charge is -2.05. The van der Waals surface area contributed by atoms with Crippen LogP contribution in [0.1, 0.15) is 5.69 Å². The number of sulfonamides is 1. The summed E-state index contributed by atoms with van der Waals surface area (Å²) in [6.45, 7) is 0. The van der Waals surface area contributed by atoms with Crippen molar-refractivity contribution in [2.75, 3.05) is 10.0 Å². The molecule has 0 fully saturated rings. The predicted molar refractivity (Wildman–Crippen MR) is 103 cm³/mol. The van der Waals surface area contributed by atoms with Crippen LogP contribution in [-0.2, 0) is 21.2 Å². The van der Waals surface area contributed by atoms with Crippen molar-refractivity contribution in [3.05, 3.63) is 70.7 Å². The van der Waals surface area contributed by atoms with E-state index >= 15 is 0 Å². The number of benzene rings is 2. The van der Waals surface area contributed by atoms with Gasteiger partial charge >= 0.3 is 0 Å². The van der Waals surface area contributed by atoms with Gasteiger partial charge in [0.2, 0.25) is 5.91 Å². The zero-order chi connectivity index (χ0) is 18.6. The number of carbonyl (C=O) groups excluding carboxylic acids is 1. The van der Waals surface area contributed by atoms with Crippen LogP contribution in [0.4, 0.5) is 10.8 Å². The second-order valence-corrected chi connectivity index (χ2v) is 8.27. The topological polar surface area (TPSA) is 88.2 Å². The van der Waals surface area contributed by atoms with Gasteiger partial charge in [-0.2, -0.15) is 0 Å². The quantitative estimate of drug-likeness (QED) is 0.650. The highest BCUT2D eigenvalue weighted by Crippen LogP contribution is 2.21. The molecule has 6 nitrogen and oxygen atoms in total. The number of anilines is 2. The highest BCUT2D eigenvalue weighted by Gasteiger charge is 2.16. The summed E-state index contributed by atoms with van der Waals surface area (Å²) in [5.41, 5.74) is 1.10. The molecule has 2 aromatic carbocycles. The minimum Gasteiger partial charge on any atom is -0.326 e. The maximum atomic E-state index is 12.3. The molecule has 1 aromatic heterocycles. The van der Waals surface area contributed by atoms with Gasteiger partial charge < -0.3 is 5.32 Å². The minimum absolute atomic E-state index is 0.0339. The summed E-state index contributed by atoms with van der Waals surface area (Å²) in [5.74, 6) is -0.255. The predicted octanol–water partition coefficient (Wildman–Crippen LogP) is 3.78. The van der Waals surface area contributed by atoms with Crippen LogP contribution in [0.3, 0.4) is 0 Å². The fourth-order valence-electron chi connectivity index (χ4n) is 2.11. The summed E-state index contributed by atoms with van der Waals surface area (Å²) in [4.78, 5) is 16.4. The van der Waals surface area contributed by atoms with Crippen LogP contribution >= 0.6 is 22.9 Å². The summed E-state index contributed by atoms with van der Waals surface area (Å²) in [6, 6.07) is 14.8. The van der Waals surface area contributed by atoms with Gasteiger partial charge in [0.05, 0.1) is 17.0 Å². The van der Waals surface area contributed by atoms with Gasteiger partial charge in [0, 0.05) is 16.1 Å². The molecule has 3 aromatic rings. The van der Waals surface area contributed by atoms with Crippen molar-refractivity contribution >= 4 is 49.7 Å². The van der Waals surface area contributed by atoms with Crippen LogP contribution in [0.25, 0.3) is 0 Å². The molecule has 1 heterocycles. The SMILES string of the molecule is O=C(Cc1csc(NS(=O)(=O)c2ccccc2)n1)Nc1ccc(Cl)cc1. The average Bonchev–Trinajstić information content (AvgIpc) is 3.03. The largest absolute Gasteiger partial charge is 0.326 e. The number of rotatable bonds is 6. The van der Waals surface area contributed by atoms with Gasteiger partial charge in [0.25, 0.3) is 10.0 Å². The average molecular weight is 408 g/mol. The second kappa shape index (κ2) is 7.86. The van der Waals surface area contributed by atoms with Crippen molar-refractivity contribution < 1.29 is 13.2 Å². The maximum Gasteiger partial charge on any atom is 0.263 e. The van der Waals surface area contributed by atoms with Gasteiger partial charge in [-0.05, 0) is 36.4 Å². The summed E-state index contributed by atoms with van der Waals surface area (Å²) >= 11 is 6.92. The molecule has 1 amide bonds. The van der Waals surface area contributed by atoms with E-state index in [1.807, 2.05) is 0 Å². The van der Waals surface area contributed by atoms with Crippen molar-refractivity contribution in [3.63, 3.8) is 0 Å². The first-order valence-electron chi connectivity index (χ1n) is 7.50. The highest BCUT2D eigenvalue weighted by atomic mass is 35.5. The first-order valence-corrected chi connectivity index (χ1v) is 10.2. The molecular weight excluding hydrogens is 394 g/mol. The Bertz CT molecular complexity index is 1000. The summed E-state index contributed by atoms with van der Waals surface area (Å²) in [5, 5.41) is 5.17.